The standard InChI is InChI=1S/C26H24BF3N4O5S/c1-31-26(35)22-20-11-18(14-3-4-14)21(13-33(20)32-25(22)15-5-8-17(28)9-6-15)34(40(2,38)39)12-16-7-10-19(27(36)37)24(30)23(16)29/h5-11,13-14,36-37H,3-4,12H2,1-2H3,(H,31,35). The van der Waals surface area contributed by atoms with Gasteiger partial charge in [0, 0.05) is 23.6 Å². The largest absolute Gasteiger partial charge is 0.491 e. The Morgan fingerprint density at radius 2 is 1.80 bits per heavy atom. The van der Waals surface area contributed by atoms with Gasteiger partial charge in [-0.05, 0) is 54.7 Å². The van der Waals surface area contributed by atoms with Crippen LogP contribution in [0.15, 0.2) is 48.7 Å². The minimum absolute atomic E-state index is 0.0422. The molecule has 14 heteroatoms. The van der Waals surface area contributed by atoms with Crippen LogP contribution in [0.5, 0.6) is 0 Å². The zero-order valence-electron chi connectivity index (χ0n) is 21.4. The first-order valence-electron chi connectivity index (χ1n) is 12.3. The van der Waals surface area contributed by atoms with Crippen molar-refractivity contribution < 1.29 is 36.4 Å². The summed E-state index contributed by atoms with van der Waals surface area (Å²) in [5.41, 5.74) is 1.04. The summed E-state index contributed by atoms with van der Waals surface area (Å²) in [6.45, 7) is -0.594. The van der Waals surface area contributed by atoms with Gasteiger partial charge in [0.25, 0.3) is 5.91 Å². The second-order valence-corrected chi connectivity index (χ2v) is 11.5. The molecule has 3 N–H and O–H groups in total. The fourth-order valence-corrected chi connectivity index (χ4v) is 5.53. The number of carbonyl (C=O) groups excluding carboxylic acids is 1. The molecule has 2 aromatic carbocycles. The molecule has 2 heterocycles. The summed E-state index contributed by atoms with van der Waals surface area (Å²) in [7, 11) is -4.86. The van der Waals surface area contributed by atoms with Crippen molar-refractivity contribution in [2.75, 3.05) is 17.6 Å². The summed E-state index contributed by atoms with van der Waals surface area (Å²) >= 11 is 0. The number of hydrogen-bond acceptors (Lipinski definition) is 6. The highest BCUT2D eigenvalue weighted by Crippen LogP contribution is 2.46. The number of pyridine rings is 1. The van der Waals surface area contributed by atoms with E-state index in [9.17, 15) is 36.4 Å². The molecule has 1 aliphatic rings. The Morgan fingerprint density at radius 1 is 1.12 bits per heavy atom. The normalized spacial score (nSPS) is 13.5. The molecular formula is C26H24BF3N4O5S. The van der Waals surface area contributed by atoms with Crippen molar-refractivity contribution in [3.8, 4) is 11.3 Å². The Balaban J connectivity index is 1.71. The number of sulfonamides is 1. The van der Waals surface area contributed by atoms with Gasteiger partial charge < -0.3 is 15.4 Å². The van der Waals surface area contributed by atoms with Gasteiger partial charge in [0.05, 0.1) is 35.8 Å². The van der Waals surface area contributed by atoms with Crippen LogP contribution in [0.4, 0.5) is 18.9 Å². The van der Waals surface area contributed by atoms with E-state index in [1.54, 1.807) is 6.07 Å². The van der Waals surface area contributed by atoms with E-state index in [1.165, 1.54) is 42.0 Å². The number of aromatic nitrogens is 2. The van der Waals surface area contributed by atoms with E-state index in [4.69, 9.17) is 0 Å². The molecule has 0 unspecified atom stereocenters. The van der Waals surface area contributed by atoms with Gasteiger partial charge in [-0.1, -0.05) is 12.1 Å². The molecule has 1 saturated carbocycles. The number of rotatable bonds is 8. The Morgan fingerprint density at radius 3 is 2.38 bits per heavy atom. The summed E-state index contributed by atoms with van der Waals surface area (Å²) in [4.78, 5) is 13.0. The van der Waals surface area contributed by atoms with Crippen molar-refractivity contribution in [1.82, 2.24) is 14.9 Å². The topological polar surface area (TPSA) is 124 Å². The molecule has 0 aliphatic heterocycles. The highest BCUT2D eigenvalue weighted by atomic mass is 32.2. The number of nitrogens with zero attached hydrogens (tertiary/aromatic N) is 3. The summed E-state index contributed by atoms with van der Waals surface area (Å²) in [6.07, 6.45) is 3.85. The number of amides is 1. The number of carbonyl (C=O) groups is 1. The highest BCUT2D eigenvalue weighted by Gasteiger charge is 2.34. The Hall–Kier alpha value is -3.88. The van der Waals surface area contributed by atoms with E-state index in [0.717, 1.165) is 35.5 Å². The van der Waals surface area contributed by atoms with Crippen LogP contribution in [-0.4, -0.2) is 54.4 Å². The van der Waals surface area contributed by atoms with Crippen molar-refractivity contribution in [2.24, 2.45) is 0 Å². The molecule has 208 valence electrons. The van der Waals surface area contributed by atoms with Gasteiger partial charge in [0.2, 0.25) is 10.0 Å². The second kappa shape index (κ2) is 10.3. The molecule has 2 aromatic heterocycles. The lowest BCUT2D eigenvalue weighted by Gasteiger charge is -2.26. The maximum absolute atomic E-state index is 14.9. The first-order valence-corrected chi connectivity index (χ1v) is 14.1. The average Bonchev–Trinajstić information content (AvgIpc) is 3.68. The quantitative estimate of drug-likeness (QED) is 0.279. The molecular weight excluding hydrogens is 548 g/mol. The smallest absolute Gasteiger partial charge is 0.423 e. The molecule has 0 atom stereocenters. The zero-order valence-corrected chi connectivity index (χ0v) is 22.2. The Kier molecular flexibility index (Phi) is 7.10. The zero-order chi connectivity index (χ0) is 28.9. The number of nitrogens with one attached hydrogen (secondary N) is 1. The molecule has 1 amide bonds. The van der Waals surface area contributed by atoms with Gasteiger partial charge in [-0.3, -0.25) is 9.10 Å². The predicted octanol–water partition coefficient (Wildman–Crippen LogP) is 2.30. The van der Waals surface area contributed by atoms with Crippen LogP contribution in [0, 0.1) is 17.5 Å². The van der Waals surface area contributed by atoms with Crippen LogP contribution in [0.1, 0.15) is 40.2 Å². The van der Waals surface area contributed by atoms with E-state index in [0.29, 0.717) is 16.6 Å². The number of anilines is 1. The lowest BCUT2D eigenvalue weighted by atomic mass is 9.79. The minimum Gasteiger partial charge on any atom is -0.423 e. The fraction of sp³-hybridized carbons (Fsp3) is 0.231. The maximum atomic E-state index is 14.9. The van der Waals surface area contributed by atoms with E-state index in [2.05, 4.69) is 10.4 Å². The van der Waals surface area contributed by atoms with E-state index in [1.807, 2.05) is 0 Å². The molecule has 0 bridgehead atoms. The molecule has 1 aliphatic carbocycles. The summed E-state index contributed by atoms with van der Waals surface area (Å²) < 4.78 is 71.3. The molecule has 5 rings (SSSR count). The third-order valence-electron chi connectivity index (χ3n) is 6.82. The van der Waals surface area contributed by atoms with Crippen LogP contribution < -0.4 is 15.1 Å². The molecule has 40 heavy (non-hydrogen) atoms. The van der Waals surface area contributed by atoms with Crippen molar-refractivity contribution in [2.45, 2.75) is 25.3 Å². The van der Waals surface area contributed by atoms with Gasteiger partial charge in [0.1, 0.15) is 11.5 Å². The van der Waals surface area contributed by atoms with Crippen molar-refractivity contribution >= 4 is 39.7 Å². The molecule has 0 saturated heterocycles. The first kappa shape index (κ1) is 27.7. The summed E-state index contributed by atoms with van der Waals surface area (Å²) in [6, 6.07) is 9.13. The Bertz CT molecular complexity index is 1740. The molecule has 1 fully saturated rings. The number of halogens is 3. The molecule has 9 nitrogen and oxygen atoms in total. The van der Waals surface area contributed by atoms with Crippen LogP contribution in [-0.2, 0) is 16.6 Å². The summed E-state index contributed by atoms with van der Waals surface area (Å²) in [5, 5.41) is 25.7. The van der Waals surface area contributed by atoms with E-state index < -0.39 is 52.5 Å². The van der Waals surface area contributed by atoms with Crippen LogP contribution >= 0.6 is 0 Å². The number of fused-ring (bicyclic) bond motifs is 1. The van der Waals surface area contributed by atoms with Crippen LogP contribution in [0.3, 0.4) is 0 Å². The van der Waals surface area contributed by atoms with Crippen molar-refractivity contribution in [3.05, 3.63) is 82.8 Å². The lowest BCUT2D eigenvalue weighted by Crippen LogP contribution is -2.35. The number of benzene rings is 2. The third kappa shape index (κ3) is 5.05. The van der Waals surface area contributed by atoms with Crippen molar-refractivity contribution in [3.63, 3.8) is 0 Å². The minimum atomic E-state index is -4.07. The Labute approximate surface area is 228 Å². The van der Waals surface area contributed by atoms with Crippen LogP contribution in [0.25, 0.3) is 16.8 Å². The predicted molar refractivity (Wildman–Crippen MR) is 143 cm³/mol. The third-order valence-corrected chi connectivity index (χ3v) is 7.95. The van der Waals surface area contributed by atoms with Gasteiger partial charge in [0.15, 0.2) is 11.6 Å². The van der Waals surface area contributed by atoms with Gasteiger partial charge in [-0.15, -0.1) is 0 Å². The van der Waals surface area contributed by atoms with Gasteiger partial charge in [-0.2, -0.15) is 5.10 Å². The monoisotopic (exact) mass is 572 g/mol. The maximum Gasteiger partial charge on any atom is 0.491 e. The summed E-state index contributed by atoms with van der Waals surface area (Å²) in [5.74, 6) is -3.87. The van der Waals surface area contributed by atoms with E-state index >= 15 is 0 Å². The van der Waals surface area contributed by atoms with Gasteiger partial charge >= 0.3 is 7.12 Å². The number of hydrogen-bond donors (Lipinski definition) is 3. The second-order valence-electron chi connectivity index (χ2n) is 9.61. The molecule has 0 spiro atoms. The van der Waals surface area contributed by atoms with Crippen molar-refractivity contribution in [1.29, 1.82) is 0 Å². The van der Waals surface area contributed by atoms with Crippen LogP contribution in [0.2, 0.25) is 0 Å². The van der Waals surface area contributed by atoms with E-state index in [-0.39, 0.29) is 28.4 Å². The molecule has 4 aromatic rings. The lowest BCUT2D eigenvalue weighted by molar-refractivity contribution is 0.0965. The first-order chi connectivity index (χ1) is 18.9. The fourth-order valence-electron chi connectivity index (χ4n) is 4.65. The molecule has 0 radical (unpaired) electrons. The highest BCUT2D eigenvalue weighted by molar-refractivity contribution is 7.92. The average molecular weight is 572 g/mol. The SMILES string of the molecule is CNC(=O)c1c(-c2ccc(F)cc2)nn2cc(N(Cc3ccc(B(O)O)c(F)c3F)S(C)(=O)=O)c(C3CC3)cc12. The van der Waals surface area contributed by atoms with Gasteiger partial charge in [-0.25, -0.2) is 26.1 Å².